The Hall–Kier alpha value is -3.80. The molecule has 1 atom stereocenters. The van der Waals surface area contributed by atoms with Gasteiger partial charge in [-0.3, -0.25) is 9.69 Å². The number of aromatic hydroxyl groups is 2. The van der Waals surface area contributed by atoms with Gasteiger partial charge in [-0.15, -0.1) is 0 Å². The van der Waals surface area contributed by atoms with Crippen LogP contribution in [-0.4, -0.2) is 16.1 Å². The molecular formula is C22H17FN2O3. The van der Waals surface area contributed by atoms with Crippen LogP contribution in [0.25, 0.3) is 0 Å². The Balaban J connectivity index is 1.73. The van der Waals surface area contributed by atoms with Crippen LogP contribution in [0.5, 0.6) is 11.5 Å². The number of phenolic OH excluding ortho intramolecular Hbond substituents is 2. The molecule has 0 aliphatic carbocycles. The highest BCUT2D eigenvalue weighted by Crippen LogP contribution is 2.36. The van der Waals surface area contributed by atoms with Gasteiger partial charge in [0.15, 0.2) is 0 Å². The number of carbonyl (C=O) groups is 1. The first kappa shape index (κ1) is 17.6. The first-order valence-electron chi connectivity index (χ1n) is 8.67. The minimum atomic E-state index is -0.507. The maximum absolute atomic E-state index is 13.8. The highest BCUT2D eigenvalue weighted by molar-refractivity contribution is 6.11. The third-order valence-electron chi connectivity index (χ3n) is 4.52. The third-order valence-corrected chi connectivity index (χ3v) is 4.52. The van der Waals surface area contributed by atoms with E-state index in [9.17, 15) is 19.4 Å². The highest BCUT2D eigenvalue weighted by atomic mass is 19.1. The van der Waals surface area contributed by atoms with Crippen molar-refractivity contribution in [2.45, 2.75) is 6.04 Å². The van der Waals surface area contributed by atoms with Crippen LogP contribution in [0, 0.1) is 5.82 Å². The minimum absolute atomic E-state index is 0.0908. The molecule has 28 heavy (non-hydrogen) atoms. The molecule has 0 fully saturated rings. The van der Waals surface area contributed by atoms with E-state index >= 15 is 0 Å². The zero-order chi connectivity index (χ0) is 19.7. The molecule has 3 aromatic carbocycles. The summed E-state index contributed by atoms with van der Waals surface area (Å²) in [4.78, 5) is 14.7. The number of rotatable bonds is 4. The molecule has 3 N–H and O–H groups in total. The lowest BCUT2D eigenvalue weighted by Gasteiger charge is -2.25. The maximum atomic E-state index is 13.8. The summed E-state index contributed by atoms with van der Waals surface area (Å²) in [5.74, 6) is -0.453. The van der Waals surface area contributed by atoms with Gasteiger partial charge in [-0.1, -0.05) is 12.1 Å². The third kappa shape index (κ3) is 3.40. The van der Waals surface area contributed by atoms with E-state index < -0.39 is 6.04 Å². The number of halogens is 1. The number of anilines is 2. The molecule has 0 spiro atoms. The fraction of sp³-hybridized carbons (Fsp3) is 0.0455. The highest BCUT2D eigenvalue weighted by Gasteiger charge is 2.35. The molecule has 3 aromatic rings. The van der Waals surface area contributed by atoms with Gasteiger partial charge in [0, 0.05) is 11.4 Å². The van der Waals surface area contributed by atoms with Crippen LogP contribution >= 0.6 is 0 Å². The van der Waals surface area contributed by atoms with Gasteiger partial charge in [0.1, 0.15) is 23.0 Å². The van der Waals surface area contributed by atoms with Gasteiger partial charge >= 0.3 is 0 Å². The minimum Gasteiger partial charge on any atom is -0.508 e. The topological polar surface area (TPSA) is 72.8 Å². The number of hydrogen-bond donors (Lipinski definition) is 3. The number of amides is 1. The summed E-state index contributed by atoms with van der Waals surface area (Å²) in [6.45, 7) is 0. The molecule has 0 aromatic heterocycles. The van der Waals surface area contributed by atoms with Crippen molar-refractivity contribution in [1.82, 2.24) is 0 Å². The van der Waals surface area contributed by atoms with Crippen molar-refractivity contribution in [2.75, 3.05) is 10.2 Å². The fourth-order valence-corrected chi connectivity index (χ4v) is 3.18. The van der Waals surface area contributed by atoms with Crippen molar-refractivity contribution in [3.8, 4) is 11.5 Å². The zero-order valence-corrected chi connectivity index (χ0v) is 14.7. The number of nitrogens with zero attached hydrogens (tertiary/aromatic N) is 1. The van der Waals surface area contributed by atoms with Crippen LogP contribution < -0.4 is 10.2 Å². The normalized spacial score (nSPS) is 16.2. The molecule has 0 bridgehead atoms. The molecule has 5 nitrogen and oxygen atoms in total. The molecular weight excluding hydrogens is 359 g/mol. The van der Waals surface area contributed by atoms with Crippen molar-refractivity contribution in [2.24, 2.45) is 0 Å². The van der Waals surface area contributed by atoms with E-state index in [1.54, 1.807) is 42.5 Å². The summed E-state index contributed by atoms with van der Waals surface area (Å²) in [5, 5.41) is 22.0. The summed E-state index contributed by atoms with van der Waals surface area (Å²) >= 11 is 0. The van der Waals surface area contributed by atoms with E-state index in [4.69, 9.17) is 0 Å². The molecule has 4 rings (SSSR count). The first-order valence-corrected chi connectivity index (χ1v) is 8.67. The molecule has 6 heteroatoms. The predicted octanol–water partition coefficient (Wildman–Crippen LogP) is 4.32. The Bertz CT molecular complexity index is 1050. The summed E-state index contributed by atoms with van der Waals surface area (Å²) in [5.41, 5.74) is 2.19. The molecule has 1 amide bonds. The van der Waals surface area contributed by atoms with Crippen LogP contribution in [0.4, 0.5) is 15.8 Å². The van der Waals surface area contributed by atoms with E-state index in [-0.39, 0.29) is 23.2 Å². The first-order chi connectivity index (χ1) is 13.5. The van der Waals surface area contributed by atoms with E-state index in [0.717, 1.165) is 0 Å². The largest absolute Gasteiger partial charge is 0.508 e. The number of hydrogen-bond acceptors (Lipinski definition) is 4. The lowest BCUT2D eigenvalue weighted by atomic mass is 10.1. The van der Waals surface area contributed by atoms with Gasteiger partial charge in [0.05, 0.1) is 6.04 Å². The lowest BCUT2D eigenvalue weighted by Crippen LogP contribution is -2.30. The van der Waals surface area contributed by atoms with Gasteiger partial charge in [-0.25, -0.2) is 4.39 Å². The van der Waals surface area contributed by atoms with Gasteiger partial charge in [-0.05, 0) is 72.3 Å². The zero-order valence-electron chi connectivity index (χ0n) is 14.7. The van der Waals surface area contributed by atoms with Crippen LogP contribution in [0.1, 0.15) is 11.6 Å². The number of phenols is 2. The Kier molecular flexibility index (Phi) is 4.45. The summed E-state index contributed by atoms with van der Waals surface area (Å²) < 4.78 is 13.8. The molecule has 0 saturated carbocycles. The van der Waals surface area contributed by atoms with Crippen LogP contribution in [-0.2, 0) is 4.79 Å². The Labute approximate surface area is 161 Å². The fourth-order valence-electron chi connectivity index (χ4n) is 3.18. The van der Waals surface area contributed by atoms with E-state index in [1.165, 1.54) is 41.3 Å². The average molecular weight is 376 g/mol. The Morgan fingerprint density at radius 1 is 0.893 bits per heavy atom. The standard InChI is InChI=1S/C22H17FN2O3/c23-15-3-1-2-14(12-15)21-13-20(24-16-4-8-18(26)9-5-16)22(28)25(21)17-6-10-19(27)11-7-17/h1-13,21,24,26-27H. The Morgan fingerprint density at radius 2 is 1.54 bits per heavy atom. The predicted molar refractivity (Wildman–Crippen MR) is 105 cm³/mol. The molecule has 1 heterocycles. The smallest absolute Gasteiger partial charge is 0.275 e. The monoisotopic (exact) mass is 376 g/mol. The second kappa shape index (κ2) is 7.08. The van der Waals surface area contributed by atoms with E-state index in [2.05, 4.69) is 5.32 Å². The number of carbonyl (C=O) groups excluding carboxylic acids is 1. The van der Waals surface area contributed by atoms with Crippen molar-refractivity contribution >= 4 is 17.3 Å². The van der Waals surface area contributed by atoms with E-state index in [0.29, 0.717) is 22.6 Å². The van der Waals surface area contributed by atoms with Gasteiger partial charge in [0.2, 0.25) is 0 Å². The van der Waals surface area contributed by atoms with Gasteiger partial charge in [0.25, 0.3) is 5.91 Å². The summed E-state index contributed by atoms with van der Waals surface area (Å²) in [6.07, 6.45) is 1.73. The van der Waals surface area contributed by atoms with Gasteiger partial charge < -0.3 is 15.5 Å². The molecule has 1 aliphatic rings. The number of benzene rings is 3. The molecule has 140 valence electrons. The van der Waals surface area contributed by atoms with Gasteiger partial charge in [-0.2, -0.15) is 0 Å². The lowest BCUT2D eigenvalue weighted by molar-refractivity contribution is -0.114. The van der Waals surface area contributed by atoms with Crippen molar-refractivity contribution in [3.63, 3.8) is 0 Å². The van der Waals surface area contributed by atoms with Crippen molar-refractivity contribution < 1.29 is 19.4 Å². The maximum Gasteiger partial charge on any atom is 0.275 e. The second-order valence-electron chi connectivity index (χ2n) is 6.44. The quantitative estimate of drug-likeness (QED) is 0.593. The van der Waals surface area contributed by atoms with Crippen LogP contribution in [0.2, 0.25) is 0 Å². The number of nitrogens with one attached hydrogen (secondary N) is 1. The molecule has 1 aliphatic heterocycles. The molecule has 0 saturated heterocycles. The van der Waals surface area contributed by atoms with Crippen LogP contribution in [0.3, 0.4) is 0 Å². The van der Waals surface area contributed by atoms with Crippen LogP contribution in [0.15, 0.2) is 84.6 Å². The SMILES string of the molecule is O=C1C(Nc2ccc(O)cc2)=CC(c2cccc(F)c2)N1c1ccc(O)cc1. The summed E-state index contributed by atoms with van der Waals surface area (Å²) in [7, 11) is 0. The summed E-state index contributed by atoms with van der Waals surface area (Å²) in [6, 6.07) is 18.2. The second-order valence-corrected chi connectivity index (χ2v) is 6.44. The molecule has 1 unspecified atom stereocenters. The van der Waals surface area contributed by atoms with E-state index in [1.807, 2.05) is 0 Å². The Morgan fingerprint density at radius 3 is 2.18 bits per heavy atom. The van der Waals surface area contributed by atoms with Crippen molar-refractivity contribution in [1.29, 1.82) is 0 Å². The van der Waals surface area contributed by atoms with Crippen molar-refractivity contribution in [3.05, 3.63) is 96.0 Å². The average Bonchev–Trinajstić information content (AvgIpc) is 3.01. The molecule has 0 radical (unpaired) electrons.